The van der Waals surface area contributed by atoms with Gasteiger partial charge in [-0.2, -0.15) is 0 Å². The van der Waals surface area contributed by atoms with Gasteiger partial charge in [0.15, 0.2) is 0 Å². The van der Waals surface area contributed by atoms with Gasteiger partial charge >= 0.3 is 0 Å². The first-order valence-corrected chi connectivity index (χ1v) is 3.83. The first-order chi connectivity index (χ1) is 5.57. The average Bonchev–Trinajstić information content (AvgIpc) is 2.30. The van der Waals surface area contributed by atoms with Gasteiger partial charge in [-0.3, -0.25) is 0 Å². The second-order valence-electron chi connectivity index (χ2n) is 3.14. The van der Waals surface area contributed by atoms with Crippen molar-refractivity contribution in [3.05, 3.63) is 0 Å². The summed E-state index contributed by atoms with van der Waals surface area (Å²) in [5.74, 6) is 0. The maximum absolute atomic E-state index is 9.38. The summed E-state index contributed by atoms with van der Waals surface area (Å²) < 4.78 is 5.07. The van der Waals surface area contributed by atoms with Crippen LogP contribution in [0.2, 0.25) is 0 Å². The molecule has 0 aliphatic carbocycles. The molecule has 5 nitrogen and oxygen atoms in total. The minimum Gasteiger partial charge on any atom is -0.393 e. The van der Waals surface area contributed by atoms with Crippen LogP contribution in [-0.2, 0) is 4.74 Å². The van der Waals surface area contributed by atoms with Gasteiger partial charge in [0.2, 0.25) is 0 Å². The normalized spacial score (nSPS) is 40.2. The monoisotopic (exact) mass is 178 g/mol. The number of hydrogen-bond acceptors (Lipinski definition) is 5. The fraction of sp³-hybridized carbons (Fsp3) is 1.00. The van der Waals surface area contributed by atoms with E-state index in [9.17, 15) is 10.2 Å². The lowest BCUT2D eigenvalue weighted by molar-refractivity contribution is -0.133. The van der Waals surface area contributed by atoms with Gasteiger partial charge in [0, 0.05) is 0 Å². The predicted octanol–water partition coefficient (Wildman–Crippen LogP) is -2.15. The molecule has 12 heavy (non-hydrogen) atoms. The second kappa shape index (κ2) is 3.27. The number of aliphatic hydroxyl groups is 4. The van der Waals surface area contributed by atoms with Gasteiger partial charge in [0.25, 0.3) is 0 Å². The van der Waals surface area contributed by atoms with Crippen LogP contribution in [0.3, 0.4) is 0 Å². The highest BCUT2D eigenvalue weighted by Gasteiger charge is 2.51. The molecule has 1 saturated heterocycles. The third-order valence-corrected chi connectivity index (χ3v) is 2.30. The van der Waals surface area contributed by atoms with Crippen LogP contribution in [0.25, 0.3) is 0 Å². The number of aliphatic hydroxyl groups excluding tert-OH is 4. The molecule has 1 heterocycles. The van der Waals surface area contributed by atoms with Crippen LogP contribution >= 0.6 is 0 Å². The van der Waals surface area contributed by atoms with Crippen LogP contribution in [0.15, 0.2) is 0 Å². The second-order valence-corrected chi connectivity index (χ2v) is 3.14. The van der Waals surface area contributed by atoms with Gasteiger partial charge < -0.3 is 25.2 Å². The molecule has 0 bridgehead atoms. The van der Waals surface area contributed by atoms with E-state index >= 15 is 0 Å². The lowest BCUT2D eigenvalue weighted by Gasteiger charge is -2.27. The first-order valence-electron chi connectivity index (χ1n) is 3.83. The largest absolute Gasteiger partial charge is 0.393 e. The van der Waals surface area contributed by atoms with Crippen molar-refractivity contribution in [2.75, 3.05) is 13.2 Å². The van der Waals surface area contributed by atoms with Crippen LogP contribution in [-0.4, -0.2) is 57.6 Å². The Morgan fingerprint density at radius 3 is 1.92 bits per heavy atom. The molecule has 0 aromatic rings. The van der Waals surface area contributed by atoms with E-state index in [1.165, 1.54) is 0 Å². The third-order valence-electron chi connectivity index (χ3n) is 2.30. The molecular formula is C7H14O5. The molecule has 1 unspecified atom stereocenters. The first kappa shape index (κ1) is 9.88. The lowest BCUT2D eigenvalue weighted by Crippen LogP contribution is -2.49. The quantitative estimate of drug-likeness (QED) is 0.387. The van der Waals surface area contributed by atoms with E-state index in [0.717, 1.165) is 0 Å². The van der Waals surface area contributed by atoms with Gasteiger partial charge in [0.1, 0.15) is 17.8 Å². The SMILES string of the molecule is C[C@@H]1OC(CO)(CO)[C@@H](O)C1O. The third kappa shape index (κ3) is 1.23. The van der Waals surface area contributed by atoms with Crippen molar-refractivity contribution in [2.24, 2.45) is 0 Å². The molecule has 0 amide bonds. The van der Waals surface area contributed by atoms with Gasteiger partial charge in [-0.1, -0.05) is 0 Å². The fourth-order valence-electron chi connectivity index (χ4n) is 1.39. The topological polar surface area (TPSA) is 90.2 Å². The molecule has 0 saturated carbocycles. The smallest absolute Gasteiger partial charge is 0.143 e. The summed E-state index contributed by atoms with van der Waals surface area (Å²) in [5, 5.41) is 36.4. The molecular weight excluding hydrogens is 164 g/mol. The van der Waals surface area contributed by atoms with Crippen molar-refractivity contribution in [1.29, 1.82) is 0 Å². The zero-order valence-electron chi connectivity index (χ0n) is 6.84. The highest BCUT2D eigenvalue weighted by atomic mass is 16.6. The van der Waals surface area contributed by atoms with E-state index < -0.39 is 37.1 Å². The van der Waals surface area contributed by atoms with Crippen molar-refractivity contribution in [3.8, 4) is 0 Å². The molecule has 3 atom stereocenters. The maximum atomic E-state index is 9.38. The standard InChI is InChI=1S/C7H14O5/c1-4-5(10)6(11)7(2-8,3-9)12-4/h4-6,8-11H,2-3H2,1H3/t4-,5?,6-/m0/s1. The summed E-state index contributed by atoms with van der Waals surface area (Å²) >= 11 is 0. The van der Waals surface area contributed by atoms with E-state index in [2.05, 4.69) is 0 Å². The number of hydrogen-bond donors (Lipinski definition) is 4. The van der Waals surface area contributed by atoms with E-state index in [1.807, 2.05) is 0 Å². The molecule has 1 aliphatic rings. The van der Waals surface area contributed by atoms with Crippen molar-refractivity contribution >= 4 is 0 Å². The van der Waals surface area contributed by atoms with Crippen LogP contribution < -0.4 is 0 Å². The zero-order chi connectivity index (χ0) is 9.35. The van der Waals surface area contributed by atoms with Gasteiger partial charge in [-0.25, -0.2) is 0 Å². The minimum absolute atomic E-state index is 0.508. The predicted molar refractivity (Wildman–Crippen MR) is 39.5 cm³/mol. The van der Waals surface area contributed by atoms with Crippen molar-refractivity contribution in [1.82, 2.24) is 0 Å². The van der Waals surface area contributed by atoms with Crippen molar-refractivity contribution in [2.45, 2.75) is 30.8 Å². The summed E-state index contributed by atoms with van der Waals surface area (Å²) in [6, 6.07) is 0. The Kier molecular flexibility index (Phi) is 2.70. The van der Waals surface area contributed by atoms with E-state index in [-0.39, 0.29) is 0 Å². The molecule has 1 rings (SSSR count). The number of ether oxygens (including phenoxy) is 1. The highest BCUT2D eigenvalue weighted by Crippen LogP contribution is 2.30. The van der Waals surface area contributed by atoms with Crippen LogP contribution in [0.5, 0.6) is 0 Å². The molecule has 0 aromatic heterocycles. The van der Waals surface area contributed by atoms with Crippen LogP contribution in [0.1, 0.15) is 6.92 Å². The minimum atomic E-state index is -1.40. The zero-order valence-corrected chi connectivity index (χ0v) is 6.84. The summed E-state index contributed by atoms with van der Waals surface area (Å²) in [6.45, 7) is 0.555. The Bertz CT molecular complexity index is 156. The van der Waals surface area contributed by atoms with Crippen LogP contribution in [0, 0.1) is 0 Å². The average molecular weight is 178 g/mol. The molecule has 72 valence electrons. The summed E-state index contributed by atoms with van der Waals surface area (Å²) in [7, 11) is 0. The summed E-state index contributed by atoms with van der Waals surface area (Å²) in [5.41, 5.74) is -1.40. The van der Waals surface area contributed by atoms with E-state index in [0.29, 0.717) is 0 Å². The molecule has 1 aliphatic heterocycles. The Morgan fingerprint density at radius 2 is 1.75 bits per heavy atom. The lowest BCUT2D eigenvalue weighted by atomic mass is 9.96. The van der Waals surface area contributed by atoms with Crippen molar-refractivity contribution < 1.29 is 25.2 Å². The summed E-state index contributed by atoms with van der Waals surface area (Å²) in [4.78, 5) is 0. The molecule has 5 heteroatoms. The van der Waals surface area contributed by atoms with Gasteiger partial charge in [-0.15, -0.1) is 0 Å². The maximum Gasteiger partial charge on any atom is 0.143 e. The molecule has 0 radical (unpaired) electrons. The Balaban J connectivity index is 2.79. The van der Waals surface area contributed by atoms with Gasteiger partial charge in [0.05, 0.1) is 19.3 Å². The number of rotatable bonds is 2. The summed E-state index contributed by atoms with van der Waals surface area (Å²) in [6.07, 6.45) is -2.86. The van der Waals surface area contributed by atoms with E-state index in [4.69, 9.17) is 14.9 Å². The van der Waals surface area contributed by atoms with Crippen LogP contribution in [0.4, 0.5) is 0 Å². The molecule has 0 aromatic carbocycles. The highest BCUT2D eigenvalue weighted by molar-refractivity contribution is 5.00. The van der Waals surface area contributed by atoms with Gasteiger partial charge in [-0.05, 0) is 6.92 Å². The Labute approximate surface area is 70.2 Å². The molecule has 4 N–H and O–H groups in total. The molecule has 1 fully saturated rings. The Hall–Kier alpha value is -0.200. The van der Waals surface area contributed by atoms with E-state index in [1.54, 1.807) is 6.92 Å². The fourth-order valence-corrected chi connectivity index (χ4v) is 1.39. The van der Waals surface area contributed by atoms with Crippen molar-refractivity contribution in [3.63, 3.8) is 0 Å². The molecule has 0 spiro atoms. The Morgan fingerprint density at radius 1 is 1.25 bits per heavy atom.